The standard InChI is InChI=1S/C18H21BrN2O4/c1-3-4-5-6-9-21-17(23)14(16(22)20-18(21)24)11-12-10-13(19)7-8-15(12)25-2/h7-8,10-11H,3-6,9H2,1-2H3,(H,20,22,24)/b14-11+. The number of hydrogen-bond donors (Lipinski definition) is 1. The van der Waals surface area contributed by atoms with Crippen LogP contribution in [0.1, 0.15) is 38.2 Å². The van der Waals surface area contributed by atoms with Gasteiger partial charge in [0.2, 0.25) is 0 Å². The number of ether oxygens (including phenoxy) is 1. The highest BCUT2D eigenvalue weighted by Gasteiger charge is 2.35. The number of hydrogen-bond acceptors (Lipinski definition) is 4. The molecule has 0 unspecified atom stereocenters. The number of urea groups is 1. The van der Waals surface area contributed by atoms with Gasteiger partial charge < -0.3 is 4.74 Å². The van der Waals surface area contributed by atoms with Crippen molar-refractivity contribution in [3.8, 4) is 5.75 Å². The van der Waals surface area contributed by atoms with Crippen molar-refractivity contribution in [2.45, 2.75) is 32.6 Å². The molecule has 0 spiro atoms. The van der Waals surface area contributed by atoms with Gasteiger partial charge in [-0.3, -0.25) is 19.8 Å². The smallest absolute Gasteiger partial charge is 0.331 e. The van der Waals surface area contributed by atoms with Gasteiger partial charge in [-0.1, -0.05) is 42.1 Å². The Morgan fingerprint density at radius 2 is 1.96 bits per heavy atom. The normalized spacial score (nSPS) is 16.4. The maximum atomic E-state index is 12.6. The number of amides is 4. The maximum Gasteiger partial charge on any atom is 0.331 e. The van der Waals surface area contributed by atoms with Gasteiger partial charge in [-0.25, -0.2) is 4.79 Å². The first-order valence-electron chi connectivity index (χ1n) is 8.20. The second kappa shape index (κ2) is 8.80. The molecule has 2 rings (SSSR count). The summed E-state index contributed by atoms with van der Waals surface area (Å²) >= 11 is 3.36. The Balaban J connectivity index is 2.27. The van der Waals surface area contributed by atoms with Crippen LogP contribution in [0, 0.1) is 0 Å². The van der Waals surface area contributed by atoms with Gasteiger partial charge >= 0.3 is 6.03 Å². The van der Waals surface area contributed by atoms with Crippen molar-refractivity contribution >= 4 is 39.9 Å². The molecule has 0 aliphatic carbocycles. The van der Waals surface area contributed by atoms with Crippen molar-refractivity contribution < 1.29 is 19.1 Å². The molecule has 1 aliphatic heterocycles. The quantitative estimate of drug-likeness (QED) is 0.425. The summed E-state index contributed by atoms with van der Waals surface area (Å²) in [6.07, 6.45) is 5.20. The molecule has 0 atom stereocenters. The van der Waals surface area contributed by atoms with Crippen molar-refractivity contribution in [2.24, 2.45) is 0 Å². The fraction of sp³-hybridized carbons (Fsp3) is 0.389. The molecule has 134 valence electrons. The Morgan fingerprint density at radius 3 is 2.64 bits per heavy atom. The highest BCUT2D eigenvalue weighted by molar-refractivity contribution is 9.10. The van der Waals surface area contributed by atoms with Gasteiger partial charge in [-0.15, -0.1) is 0 Å². The van der Waals surface area contributed by atoms with Gasteiger partial charge in [0.15, 0.2) is 0 Å². The molecular formula is C18H21BrN2O4. The number of benzene rings is 1. The van der Waals surface area contributed by atoms with Crippen LogP contribution in [0.15, 0.2) is 28.2 Å². The molecule has 6 nitrogen and oxygen atoms in total. The zero-order valence-electron chi connectivity index (χ0n) is 14.3. The Labute approximate surface area is 155 Å². The summed E-state index contributed by atoms with van der Waals surface area (Å²) in [5.74, 6) is -0.739. The summed E-state index contributed by atoms with van der Waals surface area (Å²) in [7, 11) is 1.51. The third kappa shape index (κ3) is 4.69. The zero-order valence-corrected chi connectivity index (χ0v) is 15.9. The number of rotatable bonds is 7. The first-order valence-corrected chi connectivity index (χ1v) is 8.99. The molecular weight excluding hydrogens is 388 g/mol. The van der Waals surface area contributed by atoms with E-state index in [4.69, 9.17) is 4.74 Å². The van der Waals surface area contributed by atoms with Crippen LogP contribution in [0.4, 0.5) is 4.79 Å². The Bertz CT molecular complexity index is 715. The summed E-state index contributed by atoms with van der Waals surface area (Å²) < 4.78 is 6.05. The number of halogens is 1. The highest BCUT2D eigenvalue weighted by Crippen LogP contribution is 2.26. The van der Waals surface area contributed by atoms with Crippen LogP contribution in [0.2, 0.25) is 0 Å². The van der Waals surface area contributed by atoms with E-state index in [2.05, 4.69) is 28.2 Å². The monoisotopic (exact) mass is 408 g/mol. The molecule has 1 aliphatic rings. The third-order valence-electron chi connectivity index (χ3n) is 3.91. The summed E-state index contributed by atoms with van der Waals surface area (Å²) in [4.78, 5) is 37.8. The van der Waals surface area contributed by atoms with E-state index < -0.39 is 17.8 Å². The Kier molecular flexibility index (Phi) is 6.75. The van der Waals surface area contributed by atoms with E-state index in [0.717, 1.165) is 28.6 Å². The summed E-state index contributed by atoms with van der Waals surface area (Å²) in [6.45, 7) is 2.38. The number of carbonyl (C=O) groups is 3. The fourth-order valence-electron chi connectivity index (χ4n) is 2.57. The molecule has 0 bridgehead atoms. The molecule has 1 saturated heterocycles. The van der Waals surface area contributed by atoms with Crippen molar-refractivity contribution in [3.63, 3.8) is 0 Å². The number of unbranched alkanes of at least 4 members (excludes halogenated alkanes) is 3. The molecule has 0 saturated carbocycles. The largest absolute Gasteiger partial charge is 0.496 e. The minimum absolute atomic E-state index is 0.0773. The second-order valence-electron chi connectivity index (χ2n) is 5.72. The van der Waals surface area contributed by atoms with Crippen LogP contribution >= 0.6 is 15.9 Å². The van der Waals surface area contributed by atoms with Gasteiger partial charge in [0.25, 0.3) is 11.8 Å². The van der Waals surface area contributed by atoms with Crippen LogP contribution in [0.25, 0.3) is 6.08 Å². The van der Waals surface area contributed by atoms with Gasteiger partial charge in [-0.05, 0) is 30.7 Å². The molecule has 1 heterocycles. The fourth-order valence-corrected chi connectivity index (χ4v) is 2.95. The van der Waals surface area contributed by atoms with E-state index in [9.17, 15) is 14.4 Å². The van der Waals surface area contributed by atoms with E-state index in [0.29, 0.717) is 24.3 Å². The van der Waals surface area contributed by atoms with E-state index in [1.165, 1.54) is 13.2 Å². The molecule has 7 heteroatoms. The highest BCUT2D eigenvalue weighted by atomic mass is 79.9. The van der Waals surface area contributed by atoms with Crippen LogP contribution < -0.4 is 10.1 Å². The number of nitrogens with zero attached hydrogens (tertiary/aromatic N) is 1. The first-order chi connectivity index (χ1) is 12.0. The lowest BCUT2D eigenvalue weighted by molar-refractivity contribution is -0.130. The molecule has 1 N–H and O–H groups in total. The maximum absolute atomic E-state index is 12.6. The average Bonchev–Trinajstić information content (AvgIpc) is 2.58. The number of nitrogens with one attached hydrogen (secondary N) is 1. The summed E-state index contributed by atoms with van der Waals surface area (Å²) in [5.41, 5.74) is 0.502. The van der Waals surface area contributed by atoms with E-state index in [1.807, 2.05) is 0 Å². The number of imide groups is 2. The molecule has 4 amide bonds. The van der Waals surface area contributed by atoms with Crippen LogP contribution in [0.3, 0.4) is 0 Å². The van der Waals surface area contributed by atoms with Gasteiger partial charge in [0, 0.05) is 16.6 Å². The lowest BCUT2D eigenvalue weighted by atomic mass is 10.1. The van der Waals surface area contributed by atoms with Crippen molar-refractivity contribution in [1.82, 2.24) is 10.2 Å². The number of carbonyl (C=O) groups excluding carboxylic acids is 3. The van der Waals surface area contributed by atoms with Gasteiger partial charge in [0.1, 0.15) is 11.3 Å². The zero-order chi connectivity index (χ0) is 18.4. The van der Waals surface area contributed by atoms with Crippen LogP contribution in [-0.4, -0.2) is 36.4 Å². The number of methoxy groups -OCH3 is 1. The Morgan fingerprint density at radius 1 is 1.20 bits per heavy atom. The van der Waals surface area contributed by atoms with Crippen LogP contribution in [0.5, 0.6) is 5.75 Å². The first kappa shape index (κ1) is 19.2. The Hall–Kier alpha value is -2.15. The molecule has 25 heavy (non-hydrogen) atoms. The third-order valence-corrected chi connectivity index (χ3v) is 4.41. The molecule has 1 aromatic carbocycles. The molecule has 0 radical (unpaired) electrons. The van der Waals surface area contributed by atoms with Crippen molar-refractivity contribution in [2.75, 3.05) is 13.7 Å². The molecule has 1 aromatic rings. The van der Waals surface area contributed by atoms with E-state index in [1.54, 1.807) is 18.2 Å². The van der Waals surface area contributed by atoms with Gasteiger partial charge in [-0.2, -0.15) is 0 Å². The van der Waals surface area contributed by atoms with Crippen molar-refractivity contribution in [1.29, 1.82) is 0 Å². The lowest BCUT2D eigenvalue weighted by Gasteiger charge is -2.26. The minimum atomic E-state index is -0.693. The van der Waals surface area contributed by atoms with Gasteiger partial charge in [0.05, 0.1) is 7.11 Å². The average molecular weight is 409 g/mol. The predicted octanol–water partition coefficient (Wildman–Crippen LogP) is 3.50. The van der Waals surface area contributed by atoms with Crippen LogP contribution in [-0.2, 0) is 9.59 Å². The summed E-state index contributed by atoms with van der Waals surface area (Å²) in [5, 5.41) is 2.23. The SMILES string of the molecule is CCCCCCN1C(=O)NC(=O)/C(=C\c2cc(Br)ccc2OC)C1=O. The topological polar surface area (TPSA) is 75.7 Å². The lowest BCUT2D eigenvalue weighted by Crippen LogP contribution is -2.54. The second-order valence-corrected chi connectivity index (χ2v) is 6.64. The summed E-state index contributed by atoms with van der Waals surface area (Å²) in [6, 6.07) is 4.61. The molecule has 1 fully saturated rings. The van der Waals surface area contributed by atoms with E-state index in [-0.39, 0.29) is 5.57 Å². The minimum Gasteiger partial charge on any atom is -0.496 e. The molecule has 0 aromatic heterocycles. The van der Waals surface area contributed by atoms with E-state index >= 15 is 0 Å². The van der Waals surface area contributed by atoms with Crippen molar-refractivity contribution in [3.05, 3.63) is 33.8 Å². The number of barbiturate groups is 1. The predicted molar refractivity (Wildman–Crippen MR) is 98.1 cm³/mol.